The van der Waals surface area contributed by atoms with E-state index in [1.165, 1.54) is 0 Å². The maximum Gasteiger partial charge on any atom is 0.236 e. The number of nitrogens with one attached hydrogen (secondary N) is 2. The van der Waals surface area contributed by atoms with E-state index in [1.54, 1.807) is 0 Å². The van der Waals surface area contributed by atoms with Crippen LogP contribution < -0.4 is 15.4 Å². The minimum Gasteiger partial charge on any atom is -0.467 e. The summed E-state index contributed by atoms with van der Waals surface area (Å²) in [5.41, 5.74) is 3.91. The van der Waals surface area contributed by atoms with Gasteiger partial charge in [0.1, 0.15) is 11.7 Å². The average molecular weight is 492 g/mol. The molecule has 3 atom stereocenters. The first-order chi connectivity index (χ1) is 16.3. The van der Waals surface area contributed by atoms with Crippen LogP contribution in [-0.4, -0.2) is 21.6 Å². The van der Waals surface area contributed by atoms with Crippen molar-refractivity contribution in [3.05, 3.63) is 94.0 Å². The Balaban J connectivity index is 1.55. The molecular formula is C27H26ClN3O2S. The number of rotatable bonds is 4. The summed E-state index contributed by atoms with van der Waals surface area (Å²) >= 11 is 11.9. The SMILES string of the molecule is Cc1ccc(NC(=O)[C@H]2[C@H]3NC(=S)N(Cc4ccc(Cl)cc4)[C@@]2(C)Oc2ccccc23)c(C)c1. The predicted molar refractivity (Wildman–Crippen MR) is 139 cm³/mol. The van der Waals surface area contributed by atoms with Crippen molar-refractivity contribution in [3.63, 3.8) is 0 Å². The molecule has 34 heavy (non-hydrogen) atoms. The summed E-state index contributed by atoms with van der Waals surface area (Å²) in [6, 6.07) is 21.1. The number of ether oxygens (including phenoxy) is 1. The molecule has 3 aromatic carbocycles. The Kier molecular flexibility index (Phi) is 5.74. The van der Waals surface area contributed by atoms with Crippen molar-refractivity contribution >= 4 is 40.5 Å². The maximum absolute atomic E-state index is 13.9. The second-order valence-electron chi connectivity index (χ2n) is 9.12. The number of hydrogen-bond donors (Lipinski definition) is 2. The monoisotopic (exact) mass is 491 g/mol. The van der Waals surface area contributed by atoms with Gasteiger partial charge < -0.3 is 20.3 Å². The number of thiocarbonyl (C=S) groups is 1. The lowest BCUT2D eigenvalue weighted by atomic mass is 9.78. The van der Waals surface area contributed by atoms with Gasteiger partial charge in [0.05, 0.1) is 6.04 Å². The van der Waals surface area contributed by atoms with Gasteiger partial charge in [0.2, 0.25) is 5.91 Å². The lowest BCUT2D eigenvalue weighted by Gasteiger charge is -2.56. The van der Waals surface area contributed by atoms with E-state index in [9.17, 15) is 4.79 Å². The Bertz CT molecular complexity index is 1280. The molecular weight excluding hydrogens is 466 g/mol. The predicted octanol–water partition coefficient (Wildman–Crippen LogP) is 5.75. The minimum atomic E-state index is -0.996. The zero-order chi connectivity index (χ0) is 24.0. The Labute approximate surface area is 210 Å². The van der Waals surface area contributed by atoms with Gasteiger partial charge >= 0.3 is 0 Å². The number of benzene rings is 3. The molecule has 1 amide bonds. The first-order valence-corrected chi connectivity index (χ1v) is 12.0. The number of carbonyl (C=O) groups is 1. The molecule has 0 spiro atoms. The van der Waals surface area contributed by atoms with Crippen LogP contribution in [0.1, 0.15) is 35.2 Å². The van der Waals surface area contributed by atoms with Crippen LogP contribution in [0, 0.1) is 19.8 Å². The number of para-hydroxylation sites is 1. The number of anilines is 1. The van der Waals surface area contributed by atoms with Gasteiger partial charge in [0, 0.05) is 22.8 Å². The van der Waals surface area contributed by atoms with Gasteiger partial charge in [-0.3, -0.25) is 4.79 Å². The van der Waals surface area contributed by atoms with Gasteiger partial charge in [0.15, 0.2) is 10.8 Å². The molecule has 0 aliphatic carbocycles. The Hall–Kier alpha value is -3.09. The number of fused-ring (bicyclic) bond motifs is 4. The molecule has 0 saturated carbocycles. The second-order valence-corrected chi connectivity index (χ2v) is 9.94. The summed E-state index contributed by atoms with van der Waals surface area (Å²) in [7, 11) is 0. The lowest BCUT2D eigenvalue weighted by molar-refractivity contribution is -0.150. The molecule has 2 heterocycles. The Morgan fingerprint density at radius 1 is 1.15 bits per heavy atom. The summed E-state index contributed by atoms with van der Waals surface area (Å²) in [6.07, 6.45) is 0. The van der Waals surface area contributed by atoms with Crippen LogP contribution in [0.25, 0.3) is 0 Å². The van der Waals surface area contributed by atoms with Crippen LogP contribution >= 0.6 is 23.8 Å². The fourth-order valence-corrected chi connectivity index (χ4v) is 5.46. The first-order valence-electron chi connectivity index (χ1n) is 11.2. The summed E-state index contributed by atoms with van der Waals surface area (Å²) < 4.78 is 6.60. The number of nitrogens with zero attached hydrogens (tertiary/aromatic N) is 1. The molecule has 0 radical (unpaired) electrons. The lowest BCUT2D eigenvalue weighted by Crippen LogP contribution is -2.71. The van der Waals surface area contributed by atoms with Crippen LogP contribution in [0.4, 0.5) is 5.69 Å². The minimum absolute atomic E-state index is 0.120. The van der Waals surface area contributed by atoms with Crippen molar-refractivity contribution < 1.29 is 9.53 Å². The highest BCUT2D eigenvalue weighted by Crippen LogP contribution is 2.49. The van der Waals surface area contributed by atoms with Crippen molar-refractivity contribution in [1.82, 2.24) is 10.2 Å². The zero-order valence-corrected chi connectivity index (χ0v) is 20.8. The van der Waals surface area contributed by atoms with Crippen molar-refractivity contribution in [3.8, 4) is 5.75 Å². The molecule has 2 aliphatic rings. The molecule has 1 saturated heterocycles. The molecule has 5 nitrogen and oxygen atoms in total. The van der Waals surface area contributed by atoms with E-state index in [0.717, 1.165) is 33.7 Å². The highest BCUT2D eigenvalue weighted by Gasteiger charge is 2.58. The van der Waals surface area contributed by atoms with Gasteiger partial charge in [-0.2, -0.15) is 0 Å². The van der Waals surface area contributed by atoms with E-state index in [1.807, 2.05) is 86.3 Å². The fourth-order valence-electron chi connectivity index (χ4n) is 4.96. The van der Waals surface area contributed by atoms with Crippen LogP contribution in [0.15, 0.2) is 66.7 Å². The highest BCUT2D eigenvalue weighted by molar-refractivity contribution is 7.80. The normalized spacial score (nSPS) is 22.9. The summed E-state index contributed by atoms with van der Waals surface area (Å²) in [6.45, 7) is 6.46. The van der Waals surface area contributed by atoms with E-state index in [4.69, 9.17) is 28.6 Å². The number of amides is 1. The van der Waals surface area contributed by atoms with Crippen molar-refractivity contribution in [1.29, 1.82) is 0 Å². The highest BCUT2D eigenvalue weighted by atomic mass is 35.5. The summed E-state index contributed by atoms with van der Waals surface area (Å²) in [5, 5.41) is 7.81. The number of aryl methyl sites for hydroxylation is 2. The quantitative estimate of drug-likeness (QED) is 0.455. The van der Waals surface area contributed by atoms with Crippen LogP contribution in [-0.2, 0) is 11.3 Å². The van der Waals surface area contributed by atoms with Gasteiger partial charge in [0.25, 0.3) is 0 Å². The second kappa shape index (κ2) is 8.60. The van der Waals surface area contributed by atoms with E-state index >= 15 is 0 Å². The Morgan fingerprint density at radius 3 is 2.62 bits per heavy atom. The third kappa shape index (κ3) is 3.91. The number of hydrogen-bond acceptors (Lipinski definition) is 3. The van der Waals surface area contributed by atoms with Crippen molar-refractivity contribution in [2.45, 2.75) is 39.1 Å². The van der Waals surface area contributed by atoms with E-state index < -0.39 is 11.6 Å². The van der Waals surface area contributed by atoms with Crippen LogP contribution in [0.3, 0.4) is 0 Å². The molecule has 3 aromatic rings. The Morgan fingerprint density at radius 2 is 1.88 bits per heavy atom. The number of halogens is 1. The van der Waals surface area contributed by atoms with Gasteiger partial charge in [-0.25, -0.2) is 0 Å². The smallest absolute Gasteiger partial charge is 0.236 e. The fraction of sp³-hybridized carbons (Fsp3) is 0.259. The summed E-state index contributed by atoms with van der Waals surface area (Å²) in [5.74, 6) is 0.0776. The van der Waals surface area contributed by atoms with E-state index in [-0.39, 0.29) is 11.9 Å². The number of carbonyl (C=O) groups excluding carboxylic acids is 1. The largest absolute Gasteiger partial charge is 0.467 e. The van der Waals surface area contributed by atoms with E-state index in [0.29, 0.717) is 16.7 Å². The third-order valence-corrected chi connectivity index (χ3v) is 7.31. The summed E-state index contributed by atoms with van der Waals surface area (Å²) in [4.78, 5) is 15.8. The topological polar surface area (TPSA) is 53.6 Å². The van der Waals surface area contributed by atoms with Gasteiger partial charge in [-0.1, -0.05) is 59.6 Å². The molecule has 1 fully saturated rings. The van der Waals surface area contributed by atoms with Crippen molar-refractivity contribution in [2.75, 3.05) is 5.32 Å². The molecule has 174 valence electrons. The standard InChI is InChI=1S/C27H26ClN3O2S/c1-16-8-13-21(17(2)14-16)29-25(32)23-24-20-6-4-5-7-22(20)33-27(23,3)31(26(34)30-24)15-18-9-11-19(28)12-10-18/h4-14,23-24H,15H2,1-3H3,(H,29,32)(H,30,34)/t23-,24+,27+/m1/s1. The van der Waals surface area contributed by atoms with Crippen molar-refractivity contribution in [2.24, 2.45) is 5.92 Å². The third-order valence-electron chi connectivity index (χ3n) is 6.72. The van der Waals surface area contributed by atoms with E-state index in [2.05, 4.69) is 16.7 Å². The van der Waals surface area contributed by atoms with Gasteiger partial charge in [-0.05, 0) is 68.4 Å². The molecule has 2 N–H and O–H groups in total. The average Bonchev–Trinajstić information content (AvgIpc) is 2.79. The molecule has 2 bridgehead atoms. The maximum atomic E-state index is 13.9. The first kappa shape index (κ1) is 22.7. The van der Waals surface area contributed by atoms with Crippen LogP contribution in [0.2, 0.25) is 5.02 Å². The molecule has 5 rings (SSSR count). The zero-order valence-electron chi connectivity index (χ0n) is 19.3. The molecule has 2 aliphatic heterocycles. The molecule has 0 unspecified atom stereocenters. The molecule has 7 heteroatoms. The van der Waals surface area contributed by atoms with Crippen LogP contribution in [0.5, 0.6) is 5.75 Å². The van der Waals surface area contributed by atoms with Gasteiger partial charge in [-0.15, -0.1) is 0 Å². The molecule has 0 aromatic heterocycles.